The van der Waals surface area contributed by atoms with Crippen LogP contribution < -0.4 is 19.7 Å². The lowest BCUT2D eigenvalue weighted by Crippen LogP contribution is -3.09. The molecule has 1 fully saturated rings. The second-order valence-corrected chi connectivity index (χ2v) is 6.92. The Labute approximate surface area is 145 Å². The van der Waals surface area contributed by atoms with E-state index in [0.29, 0.717) is 18.5 Å². The highest BCUT2D eigenvalue weighted by Crippen LogP contribution is 2.24. The molecule has 1 aromatic carbocycles. The van der Waals surface area contributed by atoms with Gasteiger partial charge in [0.2, 0.25) is 0 Å². The minimum atomic E-state index is 0.138. The average Bonchev–Trinajstić information content (AvgIpc) is 2.57. The molecular weight excluding hydrogens is 304 g/mol. The Morgan fingerprint density at radius 2 is 2.00 bits per heavy atom. The van der Waals surface area contributed by atoms with Crippen LogP contribution in [0.3, 0.4) is 0 Å². The summed E-state index contributed by atoms with van der Waals surface area (Å²) in [6.07, 6.45) is 4.84. The summed E-state index contributed by atoms with van der Waals surface area (Å²) < 4.78 is 10.7. The fourth-order valence-electron chi connectivity index (χ4n) is 3.45. The van der Waals surface area contributed by atoms with Gasteiger partial charge in [-0.2, -0.15) is 0 Å². The van der Waals surface area contributed by atoms with E-state index >= 15 is 0 Å². The van der Waals surface area contributed by atoms with Crippen molar-refractivity contribution in [1.29, 1.82) is 0 Å². The molecule has 1 unspecified atom stereocenters. The van der Waals surface area contributed by atoms with E-state index in [2.05, 4.69) is 12.2 Å². The van der Waals surface area contributed by atoms with Crippen LogP contribution >= 0.6 is 0 Å². The summed E-state index contributed by atoms with van der Waals surface area (Å²) in [5.74, 6) is 2.30. The van der Waals surface area contributed by atoms with Crippen molar-refractivity contribution in [3.05, 3.63) is 23.8 Å². The van der Waals surface area contributed by atoms with Crippen LogP contribution in [0.15, 0.2) is 18.2 Å². The SMILES string of the molecule is COc1ccc(C[NH+](C)CC(=O)N[C@H]2CCCC[C@@H]2C)c(OC)c1. The zero-order chi connectivity index (χ0) is 17.5. The van der Waals surface area contributed by atoms with Crippen LogP contribution in [-0.4, -0.2) is 39.8 Å². The highest BCUT2D eigenvalue weighted by atomic mass is 16.5. The Kier molecular flexibility index (Phi) is 6.91. The van der Waals surface area contributed by atoms with Crippen LogP contribution in [0.25, 0.3) is 0 Å². The van der Waals surface area contributed by atoms with Gasteiger partial charge in [-0.25, -0.2) is 0 Å². The van der Waals surface area contributed by atoms with Crippen LogP contribution in [0.1, 0.15) is 38.2 Å². The largest absolute Gasteiger partial charge is 0.497 e. The fraction of sp³-hybridized carbons (Fsp3) is 0.632. The predicted octanol–water partition coefficient (Wildman–Crippen LogP) is 1.41. The lowest BCUT2D eigenvalue weighted by molar-refractivity contribution is -0.885. The number of ether oxygens (including phenoxy) is 2. The molecule has 3 atom stereocenters. The third kappa shape index (κ3) is 5.13. The van der Waals surface area contributed by atoms with E-state index in [9.17, 15) is 4.79 Å². The number of hydrogen-bond donors (Lipinski definition) is 2. The van der Waals surface area contributed by atoms with E-state index in [1.165, 1.54) is 19.3 Å². The van der Waals surface area contributed by atoms with Gasteiger partial charge in [-0.15, -0.1) is 0 Å². The van der Waals surface area contributed by atoms with Crippen molar-refractivity contribution >= 4 is 5.91 Å². The van der Waals surface area contributed by atoms with Gasteiger partial charge < -0.3 is 19.7 Å². The van der Waals surface area contributed by atoms with E-state index in [0.717, 1.165) is 34.9 Å². The molecule has 2 N–H and O–H groups in total. The summed E-state index contributed by atoms with van der Waals surface area (Å²) in [5.41, 5.74) is 1.08. The van der Waals surface area contributed by atoms with Gasteiger partial charge in [-0.1, -0.05) is 19.8 Å². The number of nitrogens with one attached hydrogen (secondary N) is 2. The molecule has 0 heterocycles. The number of likely N-dealkylation sites (N-methyl/N-ethyl adjacent to an activating group) is 1. The van der Waals surface area contributed by atoms with Crippen molar-refractivity contribution in [3.8, 4) is 11.5 Å². The van der Waals surface area contributed by atoms with Crippen LogP contribution in [0.5, 0.6) is 11.5 Å². The van der Waals surface area contributed by atoms with Gasteiger partial charge in [0.25, 0.3) is 5.91 Å². The summed E-state index contributed by atoms with van der Waals surface area (Å²) in [4.78, 5) is 13.5. The quantitative estimate of drug-likeness (QED) is 0.792. The Hall–Kier alpha value is -1.75. The molecule has 0 aromatic heterocycles. The molecular formula is C19H31N2O3+. The lowest BCUT2D eigenvalue weighted by atomic mass is 9.86. The molecule has 5 heteroatoms. The fourth-order valence-corrected chi connectivity index (χ4v) is 3.45. The summed E-state index contributed by atoms with van der Waals surface area (Å²) in [5, 5.41) is 3.22. The summed E-state index contributed by atoms with van der Waals surface area (Å²) in [6, 6.07) is 6.15. The Balaban J connectivity index is 1.88. The first-order valence-corrected chi connectivity index (χ1v) is 8.85. The number of carbonyl (C=O) groups is 1. The van der Waals surface area contributed by atoms with Crippen LogP contribution in [0, 0.1) is 5.92 Å². The van der Waals surface area contributed by atoms with Crippen molar-refractivity contribution in [2.45, 2.75) is 45.2 Å². The Morgan fingerprint density at radius 1 is 1.25 bits per heavy atom. The van der Waals surface area contributed by atoms with Gasteiger partial charge in [0.1, 0.15) is 18.0 Å². The highest BCUT2D eigenvalue weighted by Gasteiger charge is 2.24. The number of carbonyl (C=O) groups excluding carboxylic acids is 1. The minimum absolute atomic E-state index is 0.138. The lowest BCUT2D eigenvalue weighted by Gasteiger charge is -2.29. The molecule has 1 amide bonds. The molecule has 1 aromatic rings. The molecule has 0 radical (unpaired) electrons. The summed E-state index contributed by atoms with van der Waals surface area (Å²) in [6.45, 7) is 3.45. The molecule has 24 heavy (non-hydrogen) atoms. The van der Waals surface area contributed by atoms with Crippen molar-refractivity contribution in [1.82, 2.24) is 5.32 Å². The van der Waals surface area contributed by atoms with Crippen LogP contribution in [0.2, 0.25) is 0 Å². The van der Waals surface area contributed by atoms with E-state index in [-0.39, 0.29) is 5.91 Å². The normalized spacial score (nSPS) is 21.8. The Morgan fingerprint density at radius 3 is 2.67 bits per heavy atom. The average molecular weight is 335 g/mol. The first kappa shape index (κ1) is 18.6. The highest BCUT2D eigenvalue weighted by molar-refractivity contribution is 5.77. The van der Waals surface area contributed by atoms with Gasteiger partial charge in [-0.05, 0) is 30.9 Å². The van der Waals surface area contributed by atoms with Crippen molar-refractivity contribution < 1.29 is 19.2 Å². The predicted molar refractivity (Wildman–Crippen MR) is 94.6 cm³/mol. The van der Waals surface area contributed by atoms with E-state index in [1.807, 2.05) is 25.2 Å². The van der Waals surface area contributed by atoms with E-state index in [4.69, 9.17) is 9.47 Å². The van der Waals surface area contributed by atoms with Crippen molar-refractivity contribution in [2.24, 2.45) is 5.92 Å². The monoisotopic (exact) mass is 335 g/mol. The zero-order valence-corrected chi connectivity index (χ0v) is 15.4. The maximum Gasteiger partial charge on any atom is 0.275 e. The van der Waals surface area contributed by atoms with Crippen LogP contribution in [-0.2, 0) is 11.3 Å². The number of methoxy groups -OCH3 is 2. The number of hydrogen-bond acceptors (Lipinski definition) is 3. The standard InChI is InChI=1S/C19H30N2O3/c1-14-7-5-6-8-17(14)20-19(22)13-21(2)12-15-9-10-16(23-3)11-18(15)24-4/h9-11,14,17H,5-8,12-13H2,1-4H3,(H,20,22)/p+1/t14-,17-/m0/s1. The maximum absolute atomic E-state index is 12.3. The molecule has 0 aliphatic heterocycles. The molecule has 1 saturated carbocycles. The van der Waals surface area contributed by atoms with E-state index < -0.39 is 0 Å². The molecule has 0 saturated heterocycles. The van der Waals surface area contributed by atoms with E-state index in [1.54, 1.807) is 14.2 Å². The van der Waals surface area contributed by atoms with Gasteiger partial charge >= 0.3 is 0 Å². The molecule has 5 nitrogen and oxygen atoms in total. The van der Waals surface area contributed by atoms with Crippen molar-refractivity contribution in [2.75, 3.05) is 27.8 Å². The topological polar surface area (TPSA) is 52.0 Å². The van der Waals surface area contributed by atoms with Gasteiger partial charge in [-0.3, -0.25) is 4.79 Å². The van der Waals surface area contributed by atoms with Crippen molar-refractivity contribution in [3.63, 3.8) is 0 Å². The van der Waals surface area contributed by atoms with Gasteiger partial charge in [0.15, 0.2) is 6.54 Å². The molecule has 1 aliphatic rings. The number of amides is 1. The van der Waals surface area contributed by atoms with Crippen LogP contribution in [0.4, 0.5) is 0 Å². The summed E-state index contributed by atoms with van der Waals surface area (Å²) >= 11 is 0. The number of benzene rings is 1. The second-order valence-electron chi connectivity index (χ2n) is 6.92. The Bertz CT molecular complexity index is 547. The third-order valence-corrected chi connectivity index (χ3v) is 4.91. The summed E-state index contributed by atoms with van der Waals surface area (Å²) in [7, 11) is 5.33. The third-order valence-electron chi connectivity index (χ3n) is 4.91. The molecule has 2 rings (SSSR count). The van der Waals surface area contributed by atoms with Gasteiger partial charge in [0, 0.05) is 17.7 Å². The minimum Gasteiger partial charge on any atom is -0.497 e. The number of rotatable bonds is 7. The maximum atomic E-state index is 12.3. The first-order chi connectivity index (χ1) is 11.5. The smallest absolute Gasteiger partial charge is 0.275 e. The molecule has 0 bridgehead atoms. The zero-order valence-electron chi connectivity index (χ0n) is 15.4. The molecule has 134 valence electrons. The van der Waals surface area contributed by atoms with Gasteiger partial charge in [0.05, 0.1) is 21.3 Å². The first-order valence-electron chi connectivity index (χ1n) is 8.85. The molecule has 0 spiro atoms. The second kappa shape index (κ2) is 8.92. The molecule has 1 aliphatic carbocycles. The number of quaternary nitrogens is 1.